The molecule has 138 valence electrons. The number of ether oxygens (including phenoxy) is 3. The minimum atomic E-state index is -0.294. The molecule has 3 unspecified atom stereocenters. The van der Waals surface area contributed by atoms with Crippen molar-refractivity contribution < 1.29 is 14.2 Å². The van der Waals surface area contributed by atoms with Crippen molar-refractivity contribution in [2.45, 2.75) is 59.2 Å². The van der Waals surface area contributed by atoms with E-state index in [1.54, 1.807) is 0 Å². The van der Waals surface area contributed by atoms with Crippen molar-refractivity contribution in [3.8, 4) is 5.75 Å². The van der Waals surface area contributed by atoms with Gasteiger partial charge in [-0.05, 0) is 61.4 Å². The van der Waals surface area contributed by atoms with Crippen LogP contribution in [0.1, 0.15) is 58.4 Å². The van der Waals surface area contributed by atoms with Gasteiger partial charge in [-0.25, -0.2) is 0 Å². The van der Waals surface area contributed by atoms with E-state index < -0.39 is 0 Å². The number of hydrogen-bond acceptors (Lipinski definition) is 3. The van der Waals surface area contributed by atoms with Gasteiger partial charge in [-0.2, -0.15) is 0 Å². The SMILES string of the molecule is CCC(C)C(C)c1ccc(OC(C)OCCOC2=CCCC=C2)cc1. The molecule has 0 saturated carbocycles. The van der Waals surface area contributed by atoms with E-state index in [9.17, 15) is 0 Å². The Balaban J connectivity index is 1.70. The highest BCUT2D eigenvalue weighted by Gasteiger charge is 2.13. The number of allylic oxidation sites excluding steroid dienone is 3. The van der Waals surface area contributed by atoms with Crippen molar-refractivity contribution >= 4 is 0 Å². The van der Waals surface area contributed by atoms with Crippen LogP contribution in [0.4, 0.5) is 0 Å². The quantitative estimate of drug-likeness (QED) is 0.395. The molecule has 0 amide bonds. The molecular formula is C22H32O3. The minimum absolute atomic E-state index is 0.294. The number of benzene rings is 1. The van der Waals surface area contributed by atoms with Gasteiger partial charge in [0.25, 0.3) is 0 Å². The molecule has 0 N–H and O–H groups in total. The minimum Gasteiger partial charge on any atom is -0.492 e. The van der Waals surface area contributed by atoms with Crippen LogP contribution in [0.25, 0.3) is 0 Å². The fraction of sp³-hybridized carbons (Fsp3) is 0.545. The first kappa shape index (κ1) is 19.6. The predicted octanol–water partition coefficient (Wildman–Crippen LogP) is 5.83. The summed E-state index contributed by atoms with van der Waals surface area (Å²) < 4.78 is 17.1. The third-order valence-corrected chi connectivity index (χ3v) is 4.87. The molecule has 1 aliphatic carbocycles. The second-order valence-electron chi connectivity index (χ2n) is 6.73. The molecule has 25 heavy (non-hydrogen) atoms. The zero-order chi connectivity index (χ0) is 18.1. The zero-order valence-electron chi connectivity index (χ0n) is 16.0. The zero-order valence-corrected chi connectivity index (χ0v) is 16.0. The van der Waals surface area contributed by atoms with Gasteiger partial charge >= 0.3 is 0 Å². The molecule has 2 rings (SSSR count). The van der Waals surface area contributed by atoms with Crippen LogP contribution >= 0.6 is 0 Å². The van der Waals surface area contributed by atoms with Crippen LogP contribution < -0.4 is 4.74 Å². The topological polar surface area (TPSA) is 27.7 Å². The summed E-state index contributed by atoms with van der Waals surface area (Å²) in [6.07, 6.45) is 9.32. The van der Waals surface area contributed by atoms with Crippen molar-refractivity contribution in [1.29, 1.82) is 0 Å². The largest absolute Gasteiger partial charge is 0.492 e. The Morgan fingerprint density at radius 3 is 2.40 bits per heavy atom. The van der Waals surface area contributed by atoms with Gasteiger partial charge < -0.3 is 14.2 Å². The standard InChI is InChI=1S/C22H32O3/c1-5-17(2)18(3)20-11-13-22(14-12-20)25-19(4)23-15-16-24-21-9-7-6-8-10-21/h7,9-14,17-19H,5-6,8,15-16H2,1-4H3. The molecule has 0 bridgehead atoms. The molecule has 1 aliphatic rings. The van der Waals surface area contributed by atoms with E-state index in [1.807, 2.05) is 25.1 Å². The highest BCUT2D eigenvalue weighted by atomic mass is 16.7. The highest BCUT2D eigenvalue weighted by molar-refractivity contribution is 5.29. The summed E-state index contributed by atoms with van der Waals surface area (Å²) in [7, 11) is 0. The molecule has 3 nitrogen and oxygen atoms in total. The summed E-state index contributed by atoms with van der Waals surface area (Å²) in [5, 5.41) is 0. The molecule has 0 spiro atoms. The van der Waals surface area contributed by atoms with Crippen molar-refractivity contribution in [2.24, 2.45) is 5.92 Å². The number of hydrogen-bond donors (Lipinski definition) is 0. The summed E-state index contributed by atoms with van der Waals surface area (Å²) in [5.74, 6) is 3.03. The van der Waals surface area contributed by atoms with Crippen LogP contribution in [0.5, 0.6) is 5.75 Å². The predicted molar refractivity (Wildman–Crippen MR) is 103 cm³/mol. The Hall–Kier alpha value is -1.74. The van der Waals surface area contributed by atoms with Crippen molar-refractivity contribution in [3.05, 3.63) is 53.8 Å². The van der Waals surface area contributed by atoms with Crippen LogP contribution in [0, 0.1) is 5.92 Å². The van der Waals surface area contributed by atoms with Crippen molar-refractivity contribution in [2.75, 3.05) is 13.2 Å². The van der Waals surface area contributed by atoms with Gasteiger partial charge in [0.05, 0.1) is 6.61 Å². The lowest BCUT2D eigenvalue weighted by atomic mass is 9.87. The smallest absolute Gasteiger partial charge is 0.197 e. The lowest BCUT2D eigenvalue weighted by Gasteiger charge is -2.20. The molecule has 3 heteroatoms. The van der Waals surface area contributed by atoms with Crippen LogP contribution in [0.15, 0.2) is 48.3 Å². The highest BCUT2D eigenvalue weighted by Crippen LogP contribution is 2.27. The molecule has 1 aromatic rings. The molecule has 0 heterocycles. The summed E-state index contributed by atoms with van der Waals surface area (Å²) >= 11 is 0. The summed E-state index contributed by atoms with van der Waals surface area (Å²) in [5.41, 5.74) is 1.36. The van der Waals surface area contributed by atoms with Crippen LogP contribution in [0.2, 0.25) is 0 Å². The average Bonchev–Trinajstić information content (AvgIpc) is 2.65. The summed E-state index contributed by atoms with van der Waals surface area (Å²) in [6, 6.07) is 8.37. The van der Waals surface area contributed by atoms with E-state index in [0.29, 0.717) is 25.0 Å². The van der Waals surface area contributed by atoms with E-state index in [2.05, 4.69) is 45.1 Å². The average molecular weight is 344 g/mol. The maximum absolute atomic E-state index is 5.82. The van der Waals surface area contributed by atoms with Crippen LogP contribution in [0.3, 0.4) is 0 Å². The normalized spacial score (nSPS) is 17.5. The van der Waals surface area contributed by atoms with E-state index in [4.69, 9.17) is 14.2 Å². The first-order valence-corrected chi connectivity index (χ1v) is 9.47. The molecule has 0 saturated heterocycles. The maximum atomic E-state index is 5.82. The second-order valence-corrected chi connectivity index (χ2v) is 6.73. The Kier molecular flexibility index (Phi) is 8.07. The van der Waals surface area contributed by atoms with E-state index in [0.717, 1.165) is 24.4 Å². The fourth-order valence-electron chi connectivity index (χ4n) is 2.83. The molecule has 0 fully saturated rings. The molecule has 1 aromatic carbocycles. The second kappa shape index (κ2) is 10.3. The molecule has 0 aliphatic heterocycles. The van der Waals surface area contributed by atoms with Crippen LogP contribution in [-0.4, -0.2) is 19.5 Å². The summed E-state index contributed by atoms with van der Waals surface area (Å²) in [4.78, 5) is 0. The third kappa shape index (κ3) is 6.58. The van der Waals surface area contributed by atoms with Crippen LogP contribution in [-0.2, 0) is 9.47 Å². The Labute approximate surface area is 152 Å². The third-order valence-electron chi connectivity index (χ3n) is 4.87. The van der Waals surface area contributed by atoms with Gasteiger partial charge in [0.2, 0.25) is 0 Å². The monoisotopic (exact) mass is 344 g/mol. The molecular weight excluding hydrogens is 312 g/mol. The van der Waals surface area contributed by atoms with Crippen molar-refractivity contribution in [1.82, 2.24) is 0 Å². The number of rotatable bonds is 10. The summed E-state index contributed by atoms with van der Waals surface area (Å²) in [6.45, 7) is 9.78. The molecule has 0 radical (unpaired) electrons. The molecule has 3 atom stereocenters. The van der Waals surface area contributed by atoms with E-state index >= 15 is 0 Å². The first-order valence-electron chi connectivity index (χ1n) is 9.47. The van der Waals surface area contributed by atoms with Gasteiger partial charge in [-0.1, -0.05) is 45.4 Å². The lowest BCUT2D eigenvalue weighted by Crippen LogP contribution is -2.19. The maximum Gasteiger partial charge on any atom is 0.197 e. The van der Waals surface area contributed by atoms with Gasteiger partial charge in [-0.15, -0.1) is 0 Å². The van der Waals surface area contributed by atoms with Gasteiger partial charge in [-0.3, -0.25) is 0 Å². The first-order chi connectivity index (χ1) is 12.1. The van der Waals surface area contributed by atoms with E-state index in [1.165, 1.54) is 12.0 Å². The van der Waals surface area contributed by atoms with Gasteiger partial charge in [0.1, 0.15) is 18.1 Å². The van der Waals surface area contributed by atoms with Crippen molar-refractivity contribution in [3.63, 3.8) is 0 Å². The van der Waals surface area contributed by atoms with Gasteiger partial charge in [0, 0.05) is 0 Å². The lowest BCUT2D eigenvalue weighted by molar-refractivity contribution is -0.0781. The Morgan fingerprint density at radius 1 is 1.00 bits per heavy atom. The van der Waals surface area contributed by atoms with E-state index in [-0.39, 0.29) is 6.29 Å². The fourth-order valence-corrected chi connectivity index (χ4v) is 2.83. The Bertz CT molecular complexity index is 559. The van der Waals surface area contributed by atoms with Gasteiger partial charge in [0.15, 0.2) is 6.29 Å². The Morgan fingerprint density at radius 2 is 1.76 bits per heavy atom. The molecule has 0 aromatic heterocycles.